The number of nitrogens with one attached hydrogen (secondary N) is 3. The molecular weight excluding hydrogens is 521 g/mol. The van der Waals surface area contributed by atoms with E-state index in [1.54, 1.807) is 31.1 Å². The number of hydrogen-bond acceptors (Lipinski definition) is 8. The van der Waals surface area contributed by atoms with Crippen molar-refractivity contribution < 1.29 is 22.8 Å². The van der Waals surface area contributed by atoms with Gasteiger partial charge in [0.2, 0.25) is 11.9 Å². The highest BCUT2D eigenvalue weighted by Gasteiger charge is 2.34. The number of carbonyl (C=O) groups is 2. The van der Waals surface area contributed by atoms with Gasteiger partial charge in [0.1, 0.15) is 0 Å². The molecule has 3 N–H and O–H groups in total. The molecule has 3 amide bonds. The van der Waals surface area contributed by atoms with Gasteiger partial charge in [0.25, 0.3) is 0 Å². The lowest BCUT2D eigenvalue weighted by atomic mass is 10.0. The van der Waals surface area contributed by atoms with Gasteiger partial charge in [-0.2, -0.15) is 13.2 Å². The number of anilines is 3. The number of benzene rings is 1. The van der Waals surface area contributed by atoms with Gasteiger partial charge in [-0.15, -0.1) is 0 Å². The molecule has 202 valence electrons. The van der Waals surface area contributed by atoms with Crippen molar-refractivity contribution in [2.45, 2.75) is 26.6 Å². The van der Waals surface area contributed by atoms with E-state index >= 15 is 0 Å². The number of urea groups is 1. The largest absolute Gasteiger partial charge is 0.416 e. The summed E-state index contributed by atoms with van der Waals surface area (Å²) < 4.78 is 41.6. The third-order valence-electron chi connectivity index (χ3n) is 6.01. The first kappa shape index (κ1) is 27.3. The number of piperazine rings is 1. The summed E-state index contributed by atoms with van der Waals surface area (Å²) in [5, 5.41) is 8.17. The van der Waals surface area contributed by atoms with Crippen molar-refractivity contribution in [2.24, 2.45) is 0 Å². The van der Waals surface area contributed by atoms with E-state index in [1.165, 1.54) is 30.4 Å². The molecule has 1 fully saturated rings. The maximum Gasteiger partial charge on any atom is 0.416 e. The van der Waals surface area contributed by atoms with Gasteiger partial charge in [0, 0.05) is 58.6 Å². The Morgan fingerprint density at radius 3 is 2.47 bits per heavy atom. The van der Waals surface area contributed by atoms with E-state index in [4.69, 9.17) is 0 Å². The number of amides is 3. The maximum atomic E-state index is 13.9. The Morgan fingerprint density at radius 1 is 1.08 bits per heavy atom. The number of carbonyl (C=O) groups excluding carboxylic acids is 2. The number of aryl methyl sites for hydroxylation is 1. The Hall–Kier alpha value is -3.78. The van der Waals surface area contributed by atoms with Crippen LogP contribution in [0.1, 0.15) is 23.7 Å². The third-order valence-corrected chi connectivity index (χ3v) is 7.11. The monoisotopic (exact) mass is 548 g/mol. The highest BCUT2D eigenvalue weighted by atomic mass is 32.1. The Kier molecular flexibility index (Phi) is 8.11. The van der Waals surface area contributed by atoms with Crippen LogP contribution in [-0.2, 0) is 17.5 Å². The van der Waals surface area contributed by atoms with Crippen LogP contribution in [0.25, 0.3) is 10.6 Å². The van der Waals surface area contributed by atoms with Crippen molar-refractivity contribution in [1.29, 1.82) is 0 Å². The SMILES string of the molecule is CNc1nccc(-c2sc(NC(=O)Nc3ccc(CN4CCN(C(C)=O)CC4)c(C(F)(F)F)c3)nc2C)n1. The summed E-state index contributed by atoms with van der Waals surface area (Å²) in [5.74, 6) is 0.389. The lowest BCUT2D eigenvalue weighted by Gasteiger charge is -2.34. The Morgan fingerprint density at radius 2 is 1.82 bits per heavy atom. The zero-order chi connectivity index (χ0) is 27.4. The summed E-state index contributed by atoms with van der Waals surface area (Å²) in [5.41, 5.74) is 0.550. The van der Waals surface area contributed by atoms with Crippen molar-refractivity contribution in [3.63, 3.8) is 0 Å². The first-order chi connectivity index (χ1) is 18.0. The second-order valence-electron chi connectivity index (χ2n) is 8.68. The Labute approximate surface area is 221 Å². The molecule has 4 rings (SSSR count). The topological polar surface area (TPSA) is 115 Å². The van der Waals surface area contributed by atoms with E-state index < -0.39 is 17.8 Å². The van der Waals surface area contributed by atoms with Crippen molar-refractivity contribution in [1.82, 2.24) is 24.8 Å². The van der Waals surface area contributed by atoms with Crippen LogP contribution in [0, 0.1) is 6.92 Å². The predicted molar refractivity (Wildman–Crippen MR) is 139 cm³/mol. The van der Waals surface area contributed by atoms with Crippen molar-refractivity contribution >= 4 is 40.0 Å². The van der Waals surface area contributed by atoms with Crippen LogP contribution < -0.4 is 16.0 Å². The average molecular weight is 549 g/mol. The average Bonchev–Trinajstić information content (AvgIpc) is 3.24. The zero-order valence-electron chi connectivity index (χ0n) is 21.0. The second-order valence-corrected chi connectivity index (χ2v) is 9.68. The van der Waals surface area contributed by atoms with Gasteiger partial charge >= 0.3 is 12.2 Å². The number of thiazole rings is 1. The van der Waals surface area contributed by atoms with Gasteiger partial charge < -0.3 is 15.5 Å². The van der Waals surface area contributed by atoms with Crippen molar-refractivity contribution in [3.8, 4) is 10.6 Å². The van der Waals surface area contributed by atoms with Crippen LogP contribution in [0.15, 0.2) is 30.5 Å². The zero-order valence-corrected chi connectivity index (χ0v) is 21.8. The number of halogens is 3. The molecule has 10 nitrogen and oxygen atoms in total. The standard InChI is InChI=1S/C24H27F3N8O2S/c1-14-20(19-6-7-29-21(28-3)32-19)38-23(30-14)33-22(37)31-17-5-4-16(18(12-17)24(25,26)27)13-34-8-10-35(11-9-34)15(2)36/h4-7,12H,8-11,13H2,1-3H3,(H,28,29,32)(H2,30,31,33,37). The molecule has 1 aliphatic rings. The van der Waals surface area contributed by atoms with Gasteiger partial charge in [0.05, 0.1) is 21.8 Å². The first-order valence-electron chi connectivity index (χ1n) is 11.8. The predicted octanol–water partition coefficient (Wildman–Crippen LogP) is 4.28. The van der Waals surface area contributed by atoms with E-state index in [2.05, 4.69) is 30.9 Å². The normalized spacial score (nSPS) is 14.3. The number of rotatable bonds is 6. The molecule has 0 spiro atoms. The van der Waals surface area contributed by atoms with E-state index in [0.717, 1.165) is 10.9 Å². The molecule has 0 radical (unpaired) electrons. The number of nitrogens with zero attached hydrogens (tertiary/aromatic N) is 5. The quantitative estimate of drug-likeness (QED) is 0.421. The van der Waals surface area contributed by atoms with E-state index in [0.29, 0.717) is 43.5 Å². The fraction of sp³-hybridized carbons (Fsp3) is 0.375. The first-order valence-corrected chi connectivity index (χ1v) is 12.6. The summed E-state index contributed by atoms with van der Waals surface area (Å²) in [6.45, 7) is 5.26. The molecule has 0 saturated carbocycles. The molecule has 0 aliphatic carbocycles. The smallest absolute Gasteiger partial charge is 0.357 e. The molecule has 2 aromatic heterocycles. The number of alkyl halides is 3. The molecule has 1 aliphatic heterocycles. The molecule has 1 saturated heterocycles. The molecular formula is C24H27F3N8O2S. The van der Waals surface area contributed by atoms with E-state index in [9.17, 15) is 22.8 Å². The molecule has 3 heterocycles. The van der Waals surface area contributed by atoms with Crippen molar-refractivity contribution in [2.75, 3.05) is 49.2 Å². The van der Waals surface area contributed by atoms with Gasteiger partial charge in [0.15, 0.2) is 5.13 Å². The highest BCUT2D eigenvalue weighted by Crippen LogP contribution is 2.35. The van der Waals surface area contributed by atoms with E-state index in [1.807, 2.05) is 4.90 Å². The van der Waals surface area contributed by atoms with Gasteiger partial charge in [-0.25, -0.2) is 19.7 Å². The maximum absolute atomic E-state index is 13.9. The van der Waals surface area contributed by atoms with Crippen LogP contribution in [0.2, 0.25) is 0 Å². The van der Waals surface area contributed by atoms with Crippen LogP contribution in [-0.4, -0.2) is 69.9 Å². The summed E-state index contributed by atoms with van der Waals surface area (Å²) in [7, 11) is 1.70. The van der Waals surface area contributed by atoms with Gasteiger partial charge in [-0.1, -0.05) is 17.4 Å². The minimum Gasteiger partial charge on any atom is -0.357 e. The molecule has 1 aromatic carbocycles. The van der Waals surface area contributed by atoms with E-state index in [-0.39, 0.29) is 28.8 Å². The minimum absolute atomic E-state index is 0.00272. The fourth-order valence-electron chi connectivity index (χ4n) is 4.07. The highest BCUT2D eigenvalue weighted by molar-refractivity contribution is 7.19. The van der Waals surface area contributed by atoms with Crippen LogP contribution in [0.3, 0.4) is 0 Å². The summed E-state index contributed by atoms with van der Waals surface area (Å²) >= 11 is 1.19. The number of hydrogen-bond donors (Lipinski definition) is 3. The van der Waals surface area contributed by atoms with Gasteiger partial charge in [-0.05, 0) is 30.7 Å². The summed E-state index contributed by atoms with van der Waals surface area (Å²) in [4.78, 5) is 41.1. The molecule has 3 aromatic rings. The second kappa shape index (κ2) is 11.3. The minimum atomic E-state index is -4.60. The Bertz CT molecular complexity index is 1320. The molecule has 0 atom stereocenters. The van der Waals surface area contributed by atoms with Crippen LogP contribution in [0.4, 0.5) is 34.7 Å². The van der Waals surface area contributed by atoms with Crippen molar-refractivity contribution in [3.05, 3.63) is 47.3 Å². The molecule has 14 heteroatoms. The Balaban J connectivity index is 1.44. The van der Waals surface area contributed by atoms with Crippen LogP contribution in [0.5, 0.6) is 0 Å². The lowest BCUT2D eigenvalue weighted by Crippen LogP contribution is -2.47. The lowest BCUT2D eigenvalue weighted by molar-refractivity contribution is -0.138. The summed E-state index contributed by atoms with van der Waals surface area (Å²) in [6, 6.07) is 4.74. The van der Waals surface area contributed by atoms with Gasteiger partial charge in [-0.3, -0.25) is 15.0 Å². The summed E-state index contributed by atoms with van der Waals surface area (Å²) in [6.07, 6.45) is -3.00. The number of aromatic nitrogens is 3. The van der Waals surface area contributed by atoms with Crippen LogP contribution >= 0.6 is 11.3 Å². The molecule has 0 unspecified atom stereocenters. The molecule has 38 heavy (non-hydrogen) atoms. The third kappa shape index (κ3) is 6.55. The fourth-order valence-corrected chi connectivity index (χ4v) is 5.00. The molecule has 0 bridgehead atoms.